The van der Waals surface area contributed by atoms with Crippen molar-refractivity contribution in [1.29, 1.82) is 0 Å². The molecule has 0 amide bonds. The van der Waals surface area contributed by atoms with Crippen molar-refractivity contribution in [3.05, 3.63) is 64.7 Å². The Kier molecular flexibility index (Phi) is 3.72. The van der Waals surface area contributed by atoms with Crippen LogP contribution in [0.1, 0.15) is 28.5 Å². The molecule has 2 nitrogen and oxygen atoms in total. The average Bonchev–Trinajstić information content (AvgIpc) is 2.33. The van der Waals surface area contributed by atoms with Gasteiger partial charge in [-0.2, -0.15) is 0 Å². The molecular weight excluding hydrogens is 229 g/mol. The van der Waals surface area contributed by atoms with Gasteiger partial charge in [0.25, 0.3) is 0 Å². The summed E-state index contributed by atoms with van der Waals surface area (Å²) in [4.78, 5) is 4.16. The molecule has 0 saturated heterocycles. The molecule has 1 N–H and O–H groups in total. The quantitative estimate of drug-likeness (QED) is 0.901. The summed E-state index contributed by atoms with van der Waals surface area (Å²) in [5, 5.41) is 10.1. The monoisotopic (exact) mass is 245 g/mol. The van der Waals surface area contributed by atoms with E-state index >= 15 is 0 Å². The lowest BCUT2D eigenvalue weighted by Gasteiger charge is -2.12. The van der Waals surface area contributed by atoms with Crippen molar-refractivity contribution in [2.75, 3.05) is 0 Å². The zero-order valence-corrected chi connectivity index (χ0v) is 10.5. The summed E-state index contributed by atoms with van der Waals surface area (Å²) in [6.45, 7) is 3.75. The topological polar surface area (TPSA) is 33.1 Å². The van der Waals surface area contributed by atoms with Crippen LogP contribution < -0.4 is 0 Å². The van der Waals surface area contributed by atoms with E-state index in [0.717, 1.165) is 22.4 Å². The summed E-state index contributed by atoms with van der Waals surface area (Å²) in [5.74, 6) is -0.247. The Balaban J connectivity index is 2.15. The summed E-state index contributed by atoms with van der Waals surface area (Å²) in [5.41, 5.74) is 3.51. The third-order valence-corrected chi connectivity index (χ3v) is 3.04. The Morgan fingerprint density at radius 3 is 2.61 bits per heavy atom. The van der Waals surface area contributed by atoms with Crippen molar-refractivity contribution in [2.45, 2.75) is 26.4 Å². The van der Waals surface area contributed by atoms with Gasteiger partial charge in [-0.1, -0.05) is 12.1 Å². The van der Waals surface area contributed by atoms with E-state index in [2.05, 4.69) is 4.98 Å². The minimum Gasteiger partial charge on any atom is -0.388 e. The van der Waals surface area contributed by atoms with Crippen LogP contribution in [0, 0.1) is 19.7 Å². The van der Waals surface area contributed by atoms with Crippen LogP contribution in [0.4, 0.5) is 4.39 Å². The minimum atomic E-state index is -0.609. The molecule has 0 aliphatic rings. The second-order valence-electron chi connectivity index (χ2n) is 4.52. The highest BCUT2D eigenvalue weighted by Crippen LogP contribution is 2.20. The van der Waals surface area contributed by atoms with E-state index in [1.54, 1.807) is 12.3 Å². The minimum absolute atomic E-state index is 0.247. The van der Waals surface area contributed by atoms with Crippen molar-refractivity contribution in [3.63, 3.8) is 0 Å². The van der Waals surface area contributed by atoms with E-state index in [1.165, 1.54) is 12.1 Å². The fourth-order valence-corrected chi connectivity index (χ4v) is 1.89. The van der Waals surface area contributed by atoms with Crippen LogP contribution in [0.5, 0.6) is 0 Å². The number of aliphatic hydroxyl groups is 1. The summed E-state index contributed by atoms with van der Waals surface area (Å²) in [6.07, 6.45) is 1.54. The van der Waals surface area contributed by atoms with Crippen LogP contribution >= 0.6 is 0 Å². The number of hydrogen-bond donors (Lipinski definition) is 1. The largest absolute Gasteiger partial charge is 0.388 e. The molecule has 1 heterocycles. The molecule has 1 aromatic carbocycles. The number of pyridine rings is 1. The van der Waals surface area contributed by atoms with Gasteiger partial charge in [-0.25, -0.2) is 4.39 Å². The summed E-state index contributed by atoms with van der Waals surface area (Å²) in [7, 11) is 0. The lowest BCUT2D eigenvalue weighted by Crippen LogP contribution is -2.04. The molecular formula is C15H16FNO. The number of aromatic nitrogens is 1. The summed E-state index contributed by atoms with van der Waals surface area (Å²) < 4.78 is 13.0. The Bertz CT molecular complexity index is 537. The van der Waals surface area contributed by atoms with Crippen molar-refractivity contribution in [1.82, 2.24) is 4.98 Å². The highest BCUT2D eigenvalue weighted by atomic mass is 19.1. The van der Waals surface area contributed by atoms with Crippen molar-refractivity contribution in [3.8, 4) is 0 Å². The maximum atomic E-state index is 13.0. The first-order valence-corrected chi connectivity index (χ1v) is 5.92. The molecule has 1 atom stereocenters. The molecule has 1 unspecified atom stereocenters. The van der Waals surface area contributed by atoms with Gasteiger partial charge in [0.05, 0.1) is 6.10 Å². The first-order chi connectivity index (χ1) is 8.56. The van der Waals surface area contributed by atoms with E-state index in [1.807, 2.05) is 26.0 Å². The van der Waals surface area contributed by atoms with E-state index in [4.69, 9.17) is 0 Å². The van der Waals surface area contributed by atoms with Gasteiger partial charge in [-0.15, -0.1) is 0 Å². The molecule has 1 aromatic heterocycles. The van der Waals surface area contributed by atoms with Gasteiger partial charge in [-0.3, -0.25) is 4.98 Å². The van der Waals surface area contributed by atoms with Crippen molar-refractivity contribution in [2.24, 2.45) is 0 Å². The van der Waals surface area contributed by atoms with E-state index in [-0.39, 0.29) is 5.82 Å². The first-order valence-electron chi connectivity index (χ1n) is 5.92. The van der Waals surface area contributed by atoms with Gasteiger partial charge in [0, 0.05) is 18.3 Å². The fraction of sp³-hybridized carbons (Fsp3) is 0.267. The second kappa shape index (κ2) is 5.27. The zero-order chi connectivity index (χ0) is 13.1. The standard InChI is InChI=1S/C15H16FNO/c1-10-7-14(16)6-5-12(10)8-15(18)13-4-3-11(2)17-9-13/h3-7,9,15,18H,8H2,1-2H3. The predicted molar refractivity (Wildman–Crippen MR) is 68.8 cm³/mol. The van der Waals surface area contributed by atoms with Gasteiger partial charge < -0.3 is 5.11 Å². The average molecular weight is 245 g/mol. The molecule has 94 valence electrons. The lowest BCUT2D eigenvalue weighted by atomic mass is 9.99. The summed E-state index contributed by atoms with van der Waals surface area (Å²) in [6, 6.07) is 8.36. The number of aryl methyl sites for hydroxylation is 2. The van der Waals surface area contributed by atoms with Crippen molar-refractivity contribution >= 4 is 0 Å². The predicted octanol–water partition coefficient (Wildman–Crippen LogP) is 3.11. The Morgan fingerprint density at radius 1 is 1.22 bits per heavy atom. The number of halogens is 1. The Labute approximate surface area is 106 Å². The normalized spacial score (nSPS) is 12.4. The maximum absolute atomic E-state index is 13.0. The molecule has 2 aromatic rings. The highest BCUT2D eigenvalue weighted by Gasteiger charge is 2.10. The number of benzene rings is 1. The highest BCUT2D eigenvalue weighted by molar-refractivity contribution is 5.28. The SMILES string of the molecule is Cc1ccc(C(O)Cc2ccc(F)cc2C)cn1. The van der Waals surface area contributed by atoms with Crippen LogP contribution in [-0.4, -0.2) is 10.1 Å². The van der Waals surface area contributed by atoms with Gasteiger partial charge in [0.1, 0.15) is 5.82 Å². The Hall–Kier alpha value is -1.74. The van der Waals surface area contributed by atoms with Crippen molar-refractivity contribution < 1.29 is 9.50 Å². The van der Waals surface area contributed by atoms with Crippen LogP contribution in [0.25, 0.3) is 0 Å². The van der Waals surface area contributed by atoms with E-state index in [0.29, 0.717) is 6.42 Å². The second-order valence-corrected chi connectivity index (χ2v) is 4.52. The van der Waals surface area contributed by atoms with E-state index in [9.17, 15) is 9.50 Å². The number of hydrogen-bond acceptors (Lipinski definition) is 2. The fourth-order valence-electron chi connectivity index (χ4n) is 1.89. The third-order valence-electron chi connectivity index (χ3n) is 3.04. The van der Waals surface area contributed by atoms with Gasteiger partial charge >= 0.3 is 0 Å². The molecule has 0 aliphatic carbocycles. The van der Waals surface area contributed by atoms with Crippen LogP contribution in [0.3, 0.4) is 0 Å². The number of nitrogens with zero attached hydrogens (tertiary/aromatic N) is 1. The molecule has 0 bridgehead atoms. The molecule has 2 rings (SSSR count). The number of aliphatic hydroxyl groups excluding tert-OH is 1. The smallest absolute Gasteiger partial charge is 0.123 e. The molecule has 0 fully saturated rings. The summed E-state index contributed by atoms with van der Waals surface area (Å²) >= 11 is 0. The zero-order valence-electron chi connectivity index (χ0n) is 10.5. The van der Waals surface area contributed by atoms with Crippen LogP contribution in [0.15, 0.2) is 36.5 Å². The first kappa shape index (κ1) is 12.7. The lowest BCUT2D eigenvalue weighted by molar-refractivity contribution is 0.178. The molecule has 0 radical (unpaired) electrons. The Morgan fingerprint density at radius 2 is 2.00 bits per heavy atom. The molecule has 0 spiro atoms. The van der Waals surface area contributed by atoms with Gasteiger partial charge in [0.2, 0.25) is 0 Å². The third kappa shape index (κ3) is 2.93. The maximum Gasteiger partial charge on any atom is 0.123 e. The molecule has 18 heavy (non-hydrogen) atoms. The van der Waals surface area contributed by atoms with Gasteiger partial charge in [0.15, 0.2) is 0 Å². The molecule has 0 aliphatic heterocycles. The molecule has 3 heteroatoms. The van der Waals surface area contributed by atoms with E-state index < -0.39 is 6.10 Å². The van der Waals surface area contributed by atoms with Gasteiger partial charge in [-0.05, 0) is 48.7 Å². The van der Waals surface area contributed by atoms with Crippen LogP contribution in [0.2, 0.25) is 0 Å². The van der Waals surface area contributed by atoms with Crippen LogP contribution in [-0.2, 0) is 6.42 Å². The number of rotatable bonds is 3. The molecule has 0 saturated carbocycles.